The molecule has 19 heavy (non-hydrogen) atoms. The number of aryl methyl sites for hydroxylation is 1. The van der Waals surface area contributed by atoms with Crippen LogP contribution in [0.25, 0.3) is 5.82 Å². The summed E-state index contributed by atoms with van der Waals surface area (Å²) in [6, 6.07) is 4.14. The molecule has 0 amide bonds. The van der Waals surface area contributed by atoms with Crippen LogP contribution < -0.4 is 5.32 Å². The van der Waals surface area contributed by atoms with Crippen LogP contribution in [-0.2, 0) is 6.54 Å². The smallest absolute Gasteiger partial charge is 0.153 e. The lowest BCUT2D eigenvalue weighted by Gasteiger charge is -2.06. The van der Waals surface area contributed by atoms with Crippen molar-refractivity contribution in [2.24, 2.45) is 0 Å². The third kappa shape index (κ3) is 3.01. The van der Waals surface area contributed by atoms with Crippen LogP contribution in [0.5, 0.6) is 0 Å². The zero-order valence-electron chi connectivity index (χ0n) is 12.2. The van der Waals surface area contributed by atoms with Crippen molar-refractivity contribution in [3.8, 4) is 5.82 Å². The molecule has 0 aliphatic heterocycles. The molecule has 4 nitrogen and oxygen atoms in total. The predicted octanol–water partition coefficient (Wildman–Crippen LogP) is 2.69. The van der Waals surface area contributed by atoms with E-state index < -0.39 is 0 Å². The van der Waals surface area contributed by atoms with Crippen molar-refractivity contribution in [1.82, 2.24) is 20.1 Å². The summed E-state index contributed by atoms with van der Waals surface area (Å²) in [5.74, 6) is 0.882. The number of hydrogen-bond donors (Lipinski definition) is 1. The van der Waals surface area contributed by atoms with Crippen LogP contribution in [0.3, 0.4) is 0 Å². The Labute approximate surface area is 114 Å². The fraction of sp³-hybridized carbons (Fsp3) is 0.467. The number of nitrogens with one attached hydrogen (secondary N) is 1. The Morgan fingerprint density at radius 2 is 2.00 bits per heavy atom. The first-order valence-electron chi connectivity index (χ1n) is 6.82. The lowest BCUT2D eigenvalue weighted by atomic mass is 10.2. The van der Waals surface area contributed by atoms with Crippen molar-refractivity contribution in [1.29, 1.82) is 0 Å². The summed E-state index contributed by atoms with van der Waals surface area (Å²) in [4.78, 5) is 4.50. The zero-order chi connectivity index (χ0) is 13.8. The summed E-state index contributed by atoms with van der Waals surface area (Å²) in [7, 11) is 0. The lowest BCUT2D eigenvalue weighted by Crippen LogP contribution is -2.14. The molecule has 1 N–H and O–H groups in total. The van der Waals surface area contributed by atoms with Gasteiger partial charge in [0.15, 0.2) is 5.82 Å². The largest absolute Gasteiger partial charge is 0.313 e. The maximum Gasteiger partial charge on any atom is 0.153 e. The van der Waals surface area contributed by atoms with Crippen LogP contribution in [0.2, 0.25) is 0 Å². The molecule has 2 aromatic rings. The maximum atomic E-state index is 4.52. The van der Waals surface area contributed by atoms with Gasteiger partial charge < -0.3 is 5.32 Å². The molecule has 0 aliphatic carbocycles. The average Bonchev–Trinajstić information content (AvgIpc) is 2.68. The van der Waals surface area contributed by atoms with Crippen molar-refractivity contribution >= 4 is 0 Å². The first-order chi connectivity index (χ1) is 9.13. The molecule has 0 unspecified atom stereocenters. The topological polar surface area (TPSA) is 42.7 Å². The lowest BCUT2D eigenvalue weighted by molar-refractivity contribution is 0.673. The summed E-state index contributed by atoms with van der Waals surface area (Å²) in [6.45, 7) is 10.3. The maximum absolute atomic E-state index is 4.52. The summed E-state index contributed by atoms with van der Waals surface area (Å²) < 4.78 is 1.91. The molecule has 2 aromatic heterocycles. The monoisotopic (exact) mass is 258 g/mol. The molecule has 0 fully saturated rings. The van der Waals surface area contributed by atoms with Crippen molar-refractivity contribution in [2.75, 3.05) is 6.54 Å². The molecule has 0 saturated carbocycles. The number of hydrogen-bond acceptors (Lipinski definition) is 3. The van der Waals surface area contributed by atoms with Gasteiger partial charge in [-0.2, -0.15) is 5.10 Å². The van der Waals surface area contributed by atoms with E-state index in [2.05, 4.69) is 42.2 Å². The average molecular weight is 258 g/mol. The molecule has 102 valence electrons. The van der Waals surface area contributed by atoms with Gasteiger partial charge in [0.25, 0.3) is 0 Å². The van der Waals surface area contributed by atoms with E-state index in [0.29, 0.717) is 0 Å². The Hall–Kier alpha value is -1.68. The first-order valence-corrected chi connectivity index (χ1v) is 6.82. The molecular formula is C15H22N4. The van der Waals surface area contributed by atoms with E-state index >= 15 is 0 Å². The summed E-state index contributed by atoms with van der Waals surface area (Å²) in [5, 5.41) is 7.90. The molecule has 0 aromatic carbocycles. The van der Waals surface area contributed by atoms with Crippen LogP contribution in [0.1, 0.15) is 35.9 Å². The van der Waals surface area contributed by atoms with Gasteiger partial charge in [-0.1, -0.05) is 13.0 Å². The summed E-state index contributed by atoms with van der Waals surface area (Å²) in [6.07, 6.45) is 3.07. The van der Waals surface area contributed by atoms with Crippen LogP contribution in [0.15, 0.2) is 18.3 Å². The Morgan fingerprint density at radius 3 is 2.53 bits per heavy atom. The highest BCUT2D eigenvalue weighted by Gasteiger charge is 2.09. The van der Waals surface area contributed by atoms with Crippen molar-refractivity contribution in [2.45, 2.75) is 40.7 Å². The van der Waals surface area contributed by atoms with E-state index in [-0.39, 0.29) is 0 Å². The minimum Gasteiger partial charge on any atom is -0.313 e. The predicted molar refractivity (Wildman–Crippen MR) is 77.6 cm³/mol. The highest BCUT2D eigenvalue weighted by Crippen LogP contribution is 2.15. The Kier molecular flexibility index (Phi) is 4.32. The van der Waals surface area contributed by atoms with E-state index in [4.69, 9.17) is 0 Å². The van der Waals surface area contributed by atoms with E-state index in [1.54, 1.807) is 0 Å². The fourth-order valence-corrected chi connectivity index (χ4v) is 2.00. The number of nitrogens with zero attached hydrogens (tertiary/aromatic N) is 3. The minimum atomic E-state index is 0.872. The van der Waals surface area contributed by atoms with Crippen molar-refractivity contribution < 1.29 is 0 Å². The third-order valence-electron chi connectivity index (χ3n) is 3.44. The molecule has 0 aliphatic rings. The van der Waals surface area contributed by atoms with E-state index in [9.17, 15) is 0 Å². The fourth-order valence-electron chi connectivity index (χ4n) is 2.00. The third-order valence-corrected chi connectivity index (χ3v) is 3.44. The van der Waals surface area contributed by atoms with Gasteiger partial charge in [0.1, 0.15) is 0 Å². The van der Waals surface area contributed by atoms with Gasteiger partial charge in [-0.25, -0.2) is 9.67 Å². The molecule has 2 heterocycles. The number of aromatic nitrogens is 3. The molecule has 4 heteroatoms. The Balaban J connectivity index is 2.15. The van der Waals surface area contributed by atoms with Gasteiger partial charge in [-0.15, -0.1) is 0 Å². The van der Waals surface area contributed by atoms with E-state index in [1.165, 1.54) is 11.1 Å². The van der Waals surface area contributed by atoms with Gasteiger partial charge in [-0.3, -0.25) is 0 Å². The molecular weight excluding hydrogens is 236 g/mol. The van der Waals surface area contributed by atoms with E-state index in [0.717, 1.165) is 36.7 Å². The number of rotatable bonds is 5. The Morgan fingerprint density at radius 1 is 1.21 bits per heavy atom. The molecule has 0 saturated heterocycles. The van der Waals surface area contributed by atoms with Gasteiger partial charge in [0.2, 0.25) is 0 Å². The number of pyridine rings is 1. The van der Waals surface area contributed by atoms with Crippen molar-refractivity contribution in [3.63, 3.8) is 0 Å². The van der Waals surface area contributed by atoms with Gasteiger partial charge in [-0.05, 0) is 50.9 Å². The molecule has 0 spiro atoms. The normalized spacial score (nSPS) is 10.9. The second-order valence-corrected chi connectivity index (χ2v) is 4.91. The van der Waals surface area contributed by atoms with Gasteiger partial charge in [0.05, 0.1) is 5.69 Å². The second kappa shape index (κ2) is 5.97. The van der Waals surface area contributed by atoms with E-state index in [1.807, 2.05) is 23.9 Å². The minimum absolute atomic E-state index is 0.872. The molecule has 0 bridgehead atoms. The highest BCUT2D eigenvalue weighted by atomic mass is 15.3. The van der Waals surface area contributed by atoms with Gasteiger partial charge >= 0.3 is 0 Å². The van der Waals surface area contributed by atoms with Crippen LogP contribution in [0, 0.1) is 20.8 Å². The SMILES string of the molecule is CCCNCc1ccc(-n2nc(C)c(C)c2C)nc1. The van der Waals surface area contributed by atoms with Crippen LogP contribution in [-0.4, -0.2) is 21.3 Å². The van der Waals surface area contributed by atoms with Gasteiger partial charge in [0, 0.05) is 18.4 Å². The molecule has 0 atom stereocenters. The quantitative estimate of drug-likeness (QED) is 0.838. The molecule has 0 radical (unpaired) electrons. The van der Waals surface area contributed by atoms with Crippen molar-refractivity contribution in [3.05, 3.63) is 40.8 Å². The van der Waals surface area contributed by atoms with Crippen LogP contribution in [0.4, 0.5) is 0 Å². The second-order valence-electron chi connectivity index (χ2n) is 4.91. The molecule has 2 rings (SSSR count). The summed E-state index contributed by atoms with van der Waals surface area (Å²) >= 11 is 0. The zero-order valence-corrected chi connectivity index (χ0v) is 12.2. The summed E-state index contributed by atoms with van der Waals surface area (Å²) in [5.41, 5.74) is 4.65. The first kappa shape index (κ1) is 13.7. The highest BCUT2D eigenvalue weighted by molar-refractivity contribution is 5.32. The standard InChI is InChI=1S/C15H22N4/c1-5-8-16-9-14-6-7-15(17-10-14)19-13(4)11(2)12(3)18-19/h6-7,10,16H,5,8-9H2,1-4H3. The van der Waals surface area contributed by atoms with Crippen LogP contribution >= 0.6 is 0 Å². The Bertz CT molecular complexity index is 540.